The molecule has 0 aliphatic carbocycles. The zero-order chi connectivity index (χ0) is 20.1. The average Bonchev–Trinajstić information content (AvgIpc) is 2.67. The van der Waals surface area contributed by atoms with E-state index in [-0.39, 0.29) is 0 Å². The molecule has 1 N–H and O–H groups in total. The smallest absolute Gasteiger partial charge is 0.130 e. The van der Waals surface area contributed by atoms with Gasteiger partial charge in [0, 0.05) is 22.8 Å². The average molecular weight is 393 g/mol. The lowest BCUT2D eigenvalue weighted by atomic mass is 10.1. The molecule has 3 rings (SSSR count). The third-order valence-corrected chi connectivity index (χ3v) is 4.83. The summed E-state index contributed by atoms with van der Waals surface area (Å²) >= 11 is 6.29. The lowest BCUT2D eigenvalue weighted by Crippen LogP contribution is -2.09. The van der Waals surface area contributed by atoms with Crippen LogP contribution in [0, 0.1) is 13.8 Å². The fraction of sp³-hybridized carbons (Fsp3) is 0.208. The van der Waals surface area contributed by atoms with E-state index in [1.165, 1.54) is 0 Å². The summed E-state index contributed by atoms with van der Waals surface area (Å²) in [5.41, 5.74) is 5.30. The van der Waals surface area contributed by atoms with E-state index in [9.17, 15) is 0 Å². The SMILES string of the molecule is CCN=C(C)Nc1cc(C)c(Oc2ccc(-c3ccccc3Cl)cc2)cc1C. The van der Waals surface area contributed by atoms with Crippen LogP contribution in [0.4, 0.5) is 5.69 Å². The molecule has 3 aromatic carbocycles. The van der Waals surface area contributed by atoms with E-state index in [0.29, 0.717) is 0 Å². The third kappa shape index (κ3) is 4.73. The van der Waals surface area contributed by atoms with Crippen molar-refractivity contribution in [1.29, 1.82) is 0 Å². The molecular formula is C24H25ClN2O. The standard InChI is InChI=1S/C24H25ClN2O/c1-5-26-18(4)27-23-14-17(3)24(15-16(23)2)28-20-12-10-19(11-13-20)21-8-6-7-9-22(21)25/h6-15H,5H2,1-4H3,(H,26,27). The van der Waals surface area contributed by atoms with Crippen molar-refractivity contribution in [3.8, 4) is 22.6 Å². The Kier molecular flexibility index (Phi) is 6.37. The van der Waals surface area contributed by atoms with E-state index in [1.807, 2.05) is 69.3 Å². The second-order valence-corrected chi connectivity index (χ2v) is 7.13. The Labute approximate surface area is 172 Å². The predicted molar refractivity (Wildman–Crippen MR) is 120 cm³/mol. The van der Waals surface area contributed by atoms with Crippen molar-refractivity contribution >= 4 is 23.1 Å². The molecule has 3 aromatic rings. The minimum absolute atomic E-state index is 0.743. The van der Waals surface area contributed by atoms with Gasteiger partial charge in [0.2, 0.25) is 0 Å². The summed E-state index contributed by atoms with van der Waals surface area (Å²) < 4.78 is 6.13. The molecule has 0 atom stereocenters. The van der Waals surface area contributed by atoms with E-state index in [4.69, 9.17) is 16.3 Å². The number of ether oxygens (including phenoxy) is 1. The van der Waals surface area contributed by atoms with Crippen molar-refractivity contribution < 1.29 is 4.74 Å². The summed E-state index contributed by atoms with van der Waals surface area (Å²) in [4.78, 5) is 4.39. The first-order valence-corrected chi connectivity index (χ1v) is 9.78. The highest BCUT2D eigenvalue weighted by Crippen LogP contribution is 2.33. The molecule has 0 spiro atoms. The molecule has 0 aliphatic heterocycles. The largest absolute Gasteiger partial charge is 0.457 e. The van der Waals surface area contributed by atoms with Crippen molar-refractivity contribution in [2.24, 2.45) is 4.99 Å². The molecule has 0 saturated heterocycles. The molecule has 0 aliphatic rings. The Morgan fingerprint density at radius 1 is 1.00 bits per heavy atom. The molecule has 0 fully saturated rings. The maximum absolute atomic E-state index is 6.29. The van der Waals surface area contributed by atoms with Crippen molar-refractivity contribution in [2.45, 2.75) is 27.7 Å². The van der Waals surface area contributed by atoms with Gasteiger partial charge in [-0.25, -0.2) is 0 Å². The number of hydrogen-bond acceptors (Lipinski definition) is 2. The first kappa shape index (κ1) is 20.0. The van der Waals surface area contributed by atoms with E-state index in [0.717, 1.165) is 56.8 Å². The van der Waals surface area contributed by atoms with Crippen molar-refractivity contribution in [3.63, 3.8) is 0 Å². The van der Waals surface area contributed by atoms with Gasteiger partial charge in [0.1, 0.15) is 11.5 Å². The number of amidine groups is 1. The number of nitrogens with one attached hydrogen (secondary N) is 1. The van der Waals surface area contributed by atoms with Gasteiger partial charge in [-0.05, 0) is 74.7 Å². The highest BCUT2D eigenvalue weighted by atomic mass is 35.5. The second kappa shape index (κ2) is 8.94. The molecule has 0 bridgehead atoms. The summed E-state index contributed by atoms with van der Waals surface area (Å²) in [6, 6.07) is 20.0. The molecule has 144 valence electrons. The lowest BCUT2D eigenvalue weighted by molar-refractivity contribution is 0.478. The van der Waals surface area contributed by atoms with Crippen LogP contribution < -0.4 is 10.1 Å². The first-order valence-electron chi connectivity index (χ1n) is 9.40. The summed E-state index contributed by atoms with van der Waals surface area (Å²) in [5.74, 6) is 2.55. The van der Waals surface area contributed by atoms with E-state index < -0.39 is 0 Å². The quantitative estimate of drug-likeness (QED) is 0.366. The van der Waals surface area contributed by atoms with Crippen LogP contribution in [0.3, 0.4) is 0 Å². The van der Waals surface area contributed by atoms with Crippen LogP contribution in [0.5, 0.6) is 11.5 Å². The number of hydrogen-bond donors (Lipinski definition) is 1. The minimum atomic E-state index is 0.743. The number of nitrogens with zero attached hydrogens (tertiary/aromatic N) is 1. The van der Waals surface area contributed by atoms with Crippen LogP contribution in [0.15, 0.2) is 65.7 Å². The van der Waals surface area contributed by atoms with Gasteiger partial charge in [0.15, 0.2) is 0 Å². The Hall–Kier alpha value is -2.78. The summed E-state index contributed by atoms with van der Waals surface area (Å²) in [7, 11) is 0. The Morgan fingerprint density at radius 3 is 2.39 bits per heavy atom. The Balaban J connectivity index is 1.79. The first-order chi connectivity index (χ1) is 13.5. The minimum Gasteiger partial charge on any atom is -0.457 e. The molecule has 0 unspecified atom stereocenters. The normalized spacial score (nSPS) is 11.4. The topological polar surface area (TPSA) is 33.6 Å². The molecule has 0 amide bonds. The van der Waals surface area contributed by atoms with Gasteiger partial charge in [-0.15, -0.1) is 0 Å². The van der Waals surface area contributed by atoms with Gasteiger partial charge in [-0.3, -0.25) is 4.99 Å². The zero-order valence-corrected chi connectivity index (χ0v) is 17.5. The number of anilines is 1. The second-order valence-electron chi connectivity index (χ2n) is 6.72. The molecular weight excluding hydrogens is 368 g/mol. The lowest BCUT2D eigenvalue weighted by Gasteiger charge is -2.15. The highest BCUT2D eigenvalue weighted by Gasteiger charge is 2.08. The summed E-state index contributed by atoms with van der Waals surface area (Å²) in [5, 5.41) is 4.10. The van der Waals surface area contributed by atoms with E-state index in [1.54, 1.807) is 0 Å². The predicted octanol–water partition coefficient (Wildman–Crippen LogP) is 7.27. The van der Waals surface area contributed by atoms with Gasteiger partial charge in [0.25, 0.3) is 0 Å². The maximum atomic E-state index is 6.29. The summed E-state index contributed by atoms with van der Waals surface area (Å²) in [6.07, 6.45) is 0. The van der Waals surface area contributed by atoms with Crippen molar-refractivity contribution in [1.82, 2.24) is 0 Å². The van der Waals surface area contributed by atoms with Gasteiger partial charge < -0.3 is 10.1 Å². The van der Waals surface area contributed by atoms with Crippen LogP contribution in [0.1, 0.15) is 25.0 Å². The molecule has 0 heterocycles. The molecule has 4 heteroatoms. The molecule has 3 nitrogen and oxygen atoms in total. The molecule has 28 heavy (non-hydrogen) atoms. The number of rotatable bonds is 5. The number of benzene rings is 3. The molecule has 0 saturated carbocycles. The van der Waals surface area contributed by atoms with Crippen molar-refractivity contribution in [2.75, 3.05) is 11.9 Å². The van der Waals surface area contributed by atoms with Crippen LogP contribution in [-0.2, 0) is 0 Å². The van der Waals surface area contributed by atoms with Gasteiger partial charge >= 0.3 is 0 Å². The van der Waals surface area contributed by atoms with Gasteiger partial charge in [-0.2, -0.15) is 0 Å². The molecule has 0 aromatic heterocycles. The Bertz CT molecular complexity index is 994. The number of aryl methyl sites for hydroxylation is 2. The van der Waals surface area contributed by atoms with E-state index >= 15 is 0 Å². The van der Waals surface area contributed by atoms with Crippen LogP contribution in [-0.4, -0.2) is 12.4 Å². The summed E-state index contributed by atoms with van der Waals surface area (Å²) in [6.45, 7) is 8.88. The fourth-order valence-electron chi connectivity index (χ4n) is 3.03. The van der Waals surface area contributed by atoms with Crippen LogP contribution >= 0.6 is 11.6 Å². The third-order valence-electron chi connectivity index (χ3n) is 4.50. The van der Waals surface area contributed by atoms with Crippen molar-refractivity contribution in [3.05, 3.63) is 76.8 Å². The highest BCUT2D eigenvalue weighted by molar-refractivity contribution is 6.33. The van der Waals surface area contributed by atoms with Crippen LogP contribution in [0.2, 0.25) is 5.02 Å². The molecule has 0 radical (unpaired) electrons. The van der Waals surface area contributed by atoms with E-state index in [2.05, 4.69) is 29.4 Å². The number of aliphatic imine (C=N–C) groups is 1. The van der Waals surface area contributed by atoms with Gasteiger partial charge in [0.05, 0.1) is 5.84 Å². The monoisotopic (exact) mass is 392 g/mol. The number of halogens is 1. The Morgan fingerprint density at radius 2 is 1.71 bits per heavy atom. The van der Waals surface area contributed by atoms with Gasteiger partial charge in [-0.1, -0.05) is 41.9 Å². The maximum Gasteiger partial charge on any atom is 0.130 e. The zero-order valence-electron chi connectivity index (χ0n) is 16.7. The fourth-order valence-corrected chi connectivity index (χ4v) is 3.28. The van der Waals surface area contributed by atoms with Crippen LogP contribution in [0.25, 0.3) is 11.1 Å².